The van der Waals surface area contributed by atoms with Gasteiger partial charge in [-0.15, -0.1) is 0 Å². The quantitative estimate of drug-likeness (QED) is 0.489. The highest BCUT2D eigenvalue weighted by Crippen LogP contribution is 2.19. The van der Waals surface area contributed by atoms with E-state index in [1.807, 2.05) is 0 Å². The van der Waals surface area contributed by atoms with Crippen molar-refractivity contribution < 1.29 is 18.5 Å². The van der Waals surface area contributed by atoms with E-state index in [-0.39, 0.29) is 17.7 Å². The summed E-state index contributed by atoms with van der Waals surface area (Å²) in [5.41, 5.74) is -0.195. The average Bonchev–Trinajstić information content (AvgIpc) is 2.41. The second-order valence-electron chi connectivity index (χ2n) is 4.15. The third kappa shape index (κ3) is 3.03. The second kappa shape index (κ2) is 5.56. The molecule has 0 aromatic heterocycles. The summed E-state index contributed by atoms with van der Waals surface area (Å²) in [5.74, 6) is -1.86. The van der Waals surface area contributed by atoms with Crippen molar-refractivity contribution in [1.82, 2.24) is 0 Å². The Hall–Kier alpha value is -2.63. The highest BCUT2D eigenvalue weighted by Gasteiger charge is 2.17. The van der Waals surface area contributed by atoms with Gasteiger partial charge in [0.15, 0.2) is 5.78 Å². The van der Waals surface area contributed by atoms with Crippen LogP contribution in [0.25, 0.3) is 0 Å². The molecule has 0 saturated carbocycles. The van der Waals surface area contributed by atoms with Gasteiger partial charge in [-0.3, -0.25) is 14.9 Å². The number of nitro groups is 1. The summed E-state index contributed by atoms with van der Waals surface area (Å²) >= 11 is 0. The number of benzene rings is 2. The lowest BCUT2D eigenvalue weighted by atomic mass is 10.0. The molecule has 0 aliphatic carbocycles. The van der Waals surface area contributed by atoms with Gasteiger partial charge in [0.05, 0.1) is 10.5 Å². The maximum absolute atomic E-state index is 13.5. The van der Waals surface area contributed by atoms with Gasteiger partial charge < -0.3 is 0 Å². The fourth-order valence-corrected chi connectivity index (χ4v) is 1.72. The minimum atomic E-state index is -0.817. The maximum atomic E-state index is 13.5. The number of hydrogen-bond acceptors (Lipinski definition) is 3. The number of rotatable bonds is 4. The van der Waals surface area contributed by atoms with Crippen molar-refractivity contribution in [3.05, 3.63) is 75.3 Å². The van der Waals surface area contributed by atoms with Crippen molar-refractivity contribution in [2.75, 3.05) is 0 Å². The molecule has 0 aliphatic rings. The van der Waals surface area contributed by atoms with E-state index in [4.69, 9.17) is 0 Å². The molecule has 2 rings (SSSR count). The highest BCUT2D eigenvalue weighted by molar-refractivity contribution is 5.98. The molecule has 0 unspecified atom stereocenters. The summed E-state index contributed by atoms with van der Waals surface area (Å²) in [5, 5.41) is 10.6. The summed E-state index contributed by atoms with van der Waals surface area (Å²) < 4.78 is 26.3. The van der Waals surface area contributed by atoms with Crippen LogP contribution in [0, 0.1) is 21.7 Å². The largest absolute Gasteiger partial charge is 0.294 e. The Kier molecular flexibility index (Phi) is 3.84. The number of non-ortho nitro benzene ring substituents is 1. The Bertz CT molecular complexity index is 669. The van der Waals surface area contributed by atoms with E-state index in [1.165, 1.54) is 24.3 Å². The van der Waals surface area contributed by atoms with E-state index in [0.29, 0.717) is 5.56 Å². The monoisotopic (exact) mass is 277 g/mol. The van der Waals surface area contributed by atoms with Crippen molar-refractivity contribution in [3.63, 3.8) is 0 Å². The van der Waals surface area contributed by atoms with Gasteiger partial charge in [-0.25, -0.2) is 8.78 Å². The zero-order valence-electron chi connectivity index (χ0n) is 10.2. The van der Waals surface area contributed by atoms with Crippen LogP contribution in [0.4, 0.5) is 14.5 Å². The van der Waals surface area contributed by atoms with Gasteiger partial charge in [-0.1, -0.05) is 12.1 Å². The Labute approximate surface area is 112 Å². The molecular formula is C14H9F2NO3. The van der Waals surface area contributed by atoms with Gasteiger partial charge in [0.25, 0.3) is 5.69 Å². The molecule has 102 valence electrons. The van der Waals surface area contributed by atoms with Crippen molar-refractivity contribution in [1.29, 1.82) is 0 Å². The molecule has 0 radical (unpaired) electrons. The molecule has 0 spiro atoms. The van der Waals surface area contributed by atoms with Gasteiger partial charge in [0.2, 0.25) is 0 Å². The number of Topliss-reactive ketones (excluding diaryl/α,β-unsaturated/α-hetero) is 1. The standard InChI is InChI=1S/C14H9F2NO3/c15-10-3-1-9(2-4-10)7-14(18)12-8-11(17(19)20)5-6-13(12)16/h1-6,8H,7H2. The molecule has 6 heteroatoms. The predicted molar refractivity (Wildman–Crippen MR) is 67.5 cm³/mol. The topological polar surface area (TPSA) is 60.2 Å². The van der Waals surface area contributed by atoms with E-state index < -0.39 is 22.3 Å². The highest BCUT2D eigenvalue weighted by atomic mass is 19.1. The van der Waals surface area contributed by atoms with Crippen molar-refractivity contribution in [3.8, 4) is 0 Å². The molecule has 2 aromatic rings. The maximum Gasteiger partial charge on any atom is 0.270 e. The van der Waals surface area contributed by atoms with Crippen LogP contribution in [-0.4, -0.2) is 10.7 Å². The predicted octanol–water partition coefficient (Wildman–Crippen LogP) is 3.30. The second-order valence-corrected chi connectivity index (χ2v) is 4.15. The van der Waals surface area contributed by atoms with Crippen LogP contribution in [0.2, 0.25) is 0 Å². The van der Waals surface area contributed by atoms with Gasteiger partial charge in [-0.05, 0) is 23.8 Å². The van der Waals surface area contributed by atoms with Crippen LogP contribution in [0.3, 0.4) is 0 Å². The third-order valence-electron chi connectivity index (χ3n) is 2.74. The van der Waals surface area contributed by atoms with Crippen molar-refractivity contribution in [2.24, 2.45) is 0 Å². The zero-order valence-corrected chi connectivity index (χ0v) is 10.2. The molecule has 0 aliphatic heterocycles. The molecule has 0 fully saturated rings. The Morgan fingerprint density at radius 1 is 1.10 bits per heavy atom. The molecule has 0 saturated heterocycles. The Balaban J connectivity index is 2.26. The lowest BCUT2D eigenvalue weighted by Crippen LogP contribution is -2.07. The first-order chi connectivity index (χ1) is 9.47. The number of carbonyl (C=O) groups excluding carboxylic acids is 1. The van der Waals surface area contributed by atoms with Crippen LogP contribution >= 0.6 is 0 Å². The number of nitrogens with zero attached hydrogens (tertiary/aromatic N) is 1. The summed E-state index contributed by atoms with van der Waals surface area (Å²) in [4.78, 5) is 21.9. The Morgan fingerprint density at radius 2 is 1.75 bits per heavy atom. The molecule has 0 amide bonds. The van der Waals surface area contributed by atoms with Crippen LogP contribution in [-0.2, 0) is 6.42 Å². The van der Waals surface area contributed by atoms with Crippen LogP contribution in [0.5, 0.6) is 0 Å². The molecule has 0 heterocycles. The number of nitro benzene ring substituents is 1. The average molecular weight is 277 g/mol. The van der Waals surface area contributed by atoms with Crippen LogP contribution in [0.15, 0.2) is 42.5 Å². The third-order valence-corrected chi connectivity index (χ3v) is 2.74. The molecule has 0 N–H and O–H groups in total. The van der Waals surface area contributed by atoms with Crippen LogP contribution < -0.4 is 0 Å². The van der Waals surface area contributed by atoms with Crippen LogP contribution in [0.1, 0.15) is 15.9 Å². The number of ketones is 1. The minimum Gasteiger partial charge on any atom is -0.294 e. The van der Waals surface area contributed by atoms with E-state index in [0.717, 1.165) is 18.2 Å². The number of halogens is 2. The lowest BCUT2D eigenvalue weighted by Gasteiger charge is -2.03. The van der Waals surface area contributed by atoms with E-state index in [1.54, 1.807) is 0 Å². The van der Waals surface area contributed by atoms with Crippen molar-refractivity contribution in [2.45, 2.75) is 6.42 Å². The van der Waals surface area contributed by atoms with E-state index in [2.05, 4.69) is 0 Å². The molecule has 0 bridgehead atoms. The first kappa shape index (κ1) is 13.8. The fourth-order valence-electron chi connectivity index (χ4n) is 1.72. The molecule has 20 heavy (non-hydrogen) atoms. The molecular weight excluding hydrogens is 268 g/mol. The normalized spacial score (nSPS) is 10.3. The van der Waals surface area contributed by atoms with Gasteiger partial charge in [0.1, 0.15) is 11.6 Å². The summed E-state index contributed by atoms with van der Waals surface area (Å²) in [6.45, 7) is 0. The van der Waals surface area contributed by atoms with Crippen molar-refractivity contribution >= 4 is 11.5 Å². The zero-order chi connectivity index (χ0) is 14.7. The molecule has 0 atom stereocenters. The Morgan fingerprint density at radius 3 is 2.35 bits per heavy atom. The number of carbonyl (C=O) groups is 1. The minimum absolute atomic E-state index is 0.154. The van der Waals surface area contributed by atoms with E-state index >= 15 is 0 Å². The summed E-state index contributed by atoms with van der Waals surface area (Å²) in [6, 6.07) is 7.96. The van der Waals surface area contributed by atoms with Gasteiger partial charge in [0, 0.05) is 18.6 Å². The number of hydrogen-bond donors (Lipinski definition) is 0. The first-order valence-corrected chi connectivity index (χ1v) is 5.69. The fraction of sp³-hybridized carbons (Fsp3) is 0.0714. The molecule has 4 nitrogen and oxygen atoms in total. The van der Waals surface area contributed by atoms with Gasteiger partial charge in [-0.2, -0.15) is 0 Å². The SMILES string of the molecule is O=C(Cc1ccc(F)cc1)c1cc([N+](=O)[O-])ccc1F. The molecule has 2 aromatic carbocycles. The lowest BCUT2D eigenvalue weighted by molar-refractivity contribution is -0.384. The summed E-state index contributed by atoms with van der Waals surface area (Å²) in [6.07, 6.45) is -0.154. The smallest absolute Gasteiger partial charge is 0.270 e. The van der Waals surface area contributed by atoms with E-state index in [9.17, 15) is 23.7 Å². The first-order valence-electron chi connectivity index (χ1n) is 5.69. The van der Waals surface area contributed by atoms with Gasteiger partial charge >= 0.3 is 0 Å². The summed E-state index contributed by atoms with van der Waals surface area (Å²) in [7, 11) is 0.